The van der Waals surface area contributed by atoms with Crippen molar-refractivity contribution in [2.75, 3.05) is 5.73 Å². The topological polar surface area (TPSA) is 72.9 Å². The fourth-order valence-corrected chi connectivity index (χ4v) is 2.36. The summed E-state index contributed by atoms with van der Waals surface area (Å²) in [4.78, 5) is 12.1. The summed E-state index contributed by atoms with van der Waals surface area (Å²) in [7, 11) is 0. The van der Waals surface area contributed by atoms with Crippen LogP contribution in [0, 0.1) is 13.8 Å². The molecule has 5 nitrogen and oxygen atoms in total. The number of aromatic nitrogens is 2. The summed E-state index contributed by atoms with van der Waals surface area (Å²) in [6, 6.07) is 0.279. The van der Waals surface area contributed by atoms with E-state index in [2.05, 4.69) is 24.3 Å². The lowest BCUT2D eigenvalue weighted by atomic mass is 10.1. The van der Waals surface area contributed by atoms with Gasteiger partial charge in [0.15, 0.2) is 0 Å². The summed E-state index contributed by atoms with van der Waals surface area (Å²) in [5, 5.41) is 7.41. The van der Waals surface area contributed by atoms with Crippen LogP contribution in [0.25, 0.3) is 0 Å². The number of nitrogens with two attached hydrogens (primary N) is 1. The number of hydrogen-bond donors (Lipinski definition) is 2. The highest BCUT2D eigenvalue weighted by molar-refractivity contribution is 5.76. The van der Waals surface area contributed by atoms with E-state index >= 15 is 0 Å². The maximum Gasteiger partial charge on any atom is 0.241 e. The number of carbonyl (C=O) groups is 1. The highest BCUT2D eigenvalue weighted by atomic mass is 16.2. The lowest BCUT2D eigenvalue weighted by Crippen LogP contribution is -2.37. The molecule has 1 rings (SSSR count). The van der Waals surface area contributed by atoms with Crippen LogP contribution >= 0.6 is 0 Å². The molecular formula is C15H28N4O. The van der Waals surface area contributed by atoms with Gasteiger partial charge in [-0.1, -0.05) is 33.1 Å². The first-order chi connectivity index (χ1) is 9.49. The normalized spacial score (nSPS) is 12.4. The molecule has 1 heterocycles. The lowest BCUT2D eigenvalue weighted by Gasteiger charge is -2.18. The highest BCUT2D eigenvalue weighted by Gasteiger charge is 2.14. The number of nitrogen functional groups attached to an aromatic ring is 1. The van der Waals surface area contributed by atoms with Crippen molar-refractivity contribution in [3.8, 4) is 0 Å². The monoisotopic (exact) mass is 280 g/mol. The van der Waals surface area contributed by atoms with Crippen molar-refractivity contribution in [1.29, 1.82) is 0 Å². The molecule has 1 aromatic heterocycles. The quantitative estimate of drug-likeness (QED) is 0.768. The summed E-state index contributed by atoms with van der Waals surface area (Å²) in [5.74, 6) is 0.0187. The summed E-state index contributed by atoms with van der Waals surface area (Å²) >= 11 is 0. The van der Waals surface area contributed by atoms with Gasteiger partial charge in [0, 0.05) is 6.04 Å². The maximum absolute atomic E-state index is 12.1. The molecule has 0 aliphatic rings. The van der Waals surface area contributed by atoms with E-state index in [0.29, 0.717) is 5.69 Å². The average molecular weight is 280 g/mol. The van der Waals surface area contributed by atoms with Gasteiger partial charge >= 0.3 is 0 Å². The van der Waals surface area contributed by atoms with Gasteiger partial charge in [0.05, 0.1) is 17.1 Å². The molecule has 1 amide bonds. The molecule has 0 radical (unpaired) electrons. The van der Waals surface area contributed by atoms with Crippen molar-refractivity contribution < 1.29 is 4.79 Å². The first kappa shape index (κ1) is 16.5. The van der Waals surface area contributed by atoms with Gasteiger partial charge in [-0.25, -0.2) is 0 Å². The number of amides is 1. The van der Waals surface area contributed by atoms with Crippen LogP contribution in [0.2, 0.25) is 0 Å². The summed E-state index contributed by atoms with van der Waals surface area (Å²) < 4.78 is 1.68. The number of rotatable bonds is 8. The molecule has 114 valence electrons. The number of aryl methyl sites for hydroxylation is 1. The lowest BCUT2D eigenvalue weighted by molar-refractivity contribution is -0.122. The Hall–Kier alpha value is -1.52. The number of anilines is 1. The zero-order valence-corrected chi connectivity index (χ0v) is 13.2. The van der Waals surface area contributed by atoms with E-state index in [4.69, 9.17) is 5.73 Å². The molecule has 5 heteroatoms. The second kappa shape index (κ2) is 7.92. The number of nitrogens with one attached hydrogen (secondary N) is 1. The van der Waals surface area contributed by atoms with E-state index in [1.165, 1.54) is 0 Å². The molecule has 0 fully saturated rings. The minimum atomic E-state index is 0.0187. The van der Waals surface area contributed by atoms with Gasteiger partial charge in [0.2, 0.25) is 5.91 Å². The van der Waals surface area contributed by atoms with Crippen LogP contribution in [-0.2, 0) is 11.3 Å². The zero-order valence-electron chi connectivity index (χ0n) is 13.2. The Balaban J connectivity index is 2.58. The SMILES string of the molecule is CCCCC(CCC)NC(=O)Cn1nc(C)c(N)c1C. The van der Waals surface area contributed by atoms with Gasteiger partial charge in [0.25, 0.3) is 0 Å². The van der Waals surface area contributed by atoms with Crippen LogP contribution in [0.15, 0.2) is 0 Å². The first-order valence-corrected chi connectivity index (χ1v) is 7.58. The molecule has 0 bridgehead atoms. The minimum absolute atomic E-state index is 0.0187. The van der Waals surface area contributed by atoms with Crippen LogP contribution in [0.1, 0.15) is 57.3 Å². The third-order valence-corrected chi connectivity index (χ3v) is 3.64. The van der Waals surface area contributed by atoms with Gasteiger partial charge in [0.1, 0.15) is 6.54 Å². The number of nitrogens with zero attached hydrogens (tertiary/aromatic N) is 2. The Kier molecular flexibility index (Phi) is 6.55. The van der Waals surface area contributed by atoms with Crippen LogP contribution in [0.4, 0.5) is 5.69 Å². The van der Waals surface area contributed by atoms with Crippen LogP contribution < -0.4 is 11.1 Å². The Morgan fingerprint density at radius 2 is 2.00 bits per heavy atom. The molecule has 0 saturated heterocycles. The Labute approximate surface area is 121 Å². The molecule has 1 unspecified atom stereocenters. The molecule has 1 aromatic rings. The molecule has 1 atom stereocenters. The van der Waals surface area contributed by atoms with Crippen LogP contribution in [-0.4, -0.2) is 21.7 Å². The van der Waals surface area contributed by atoms with Gasteiger partial charge < -0.3 is 11.1 Å². The fourth-order valence-electron chi connectivity index (χ4n) is 2.36. The van der Waals surface area contributed by atoms with Gasteiger partial charge in [-0.15, -0.1) is 0 Å². The second-order valence-electron chi connectivity index (χ2n) is 5.44. The standard InChI is InChI=1S/C15H28N4O/c1-5-7-9-13(8-6-2)17-14(20)10-19-12(4)15(16)11(3)18-19/h13H,5-10,16H2,1-4H3,(H,17,20). The number of hydrogen-bond acceptors (Lipinski definition) is 3. The first-order valence-electron chi connectivity index (χ1n) is 7.58. The Morgan fingerprint density at radius 1 is 1.30 bits per heavy atom. The molecular weight excluding hydrogens is 252 g/mol. The molecule has 0 aromatic carbocycles. The third-order valence-electron chi connectivity index (χ3n) is 3.64. The smallest absolute Gasteiger partial charge is 0.241 e. The van der Waals surface area contributed by atoms with Crippen LogP contribution in [0.5, 0.6) is 0 Å². The summed E-state index contributed by atoms with van der Waals surface area (Å²) in [5.41, 5.74) is 8.20. The predicted octanol–water partition coefficient (Wildman–Crippen LogP) is 2.56. The minimum Gasteiger partial charge on any atom is -0.396 e. The molecule has 0 saturated carbocycles. The van der Waals surface area contributed by atoms with Crippen molar-refractivity contribution in [3.63, 3.8) is 0 Å². The van der Waals surface area contributed by atoms with Gasteiger partial charge in [-0.05, 0) is 26.7 Å². The molecule has 0 spiro atoms. The van der Waals surface area contributed by atoms with Gasteiger partial charge in [-0.2, -0.15) is 5.10 Å². The highest BCUT2D eigenvalue weighted by Crippen LogP contribution is 2.14. The van der Waals surface area contributed by atoms with E-state index < -0.39 is 0 Å². The Morgan fingerprint density at radius 3 is 2.50 bits per heavy atom. The zero-order chi connectivity index (χ0) is 15.1. The van der Waals surface area contributed by atoms with Crippen LogP contribution in [0.3, 0.4) is 0 Å². The van der Waals surface area contributed by atoms with E-state index in [1.54, 1.807) is 4.68 Å². The van der Waals surface area contributed by atoms with Gasteiger partial charge in [-0.3, -0.25) is 9.48 Å². The number of carbonyl (C=O) groups excluding carboxylic acids is 1. The summed E-state index contributed by atoms with van der Waals surface area (Å²) in [6.45, 7) is 8.31. The summed E-state index contributed by atoms with van der Waals surface area (Å²) in [6.07, 6.45) is 5.48. The van der Waals surface area contributed by atoms with E-state index in [1.807, 2.05) is 13.8 Å². The molecule has 0 aliphatic carbocycles. The third kappa shape index (κ3) is 4.54. The number of unbranched alkanes of at least 4 members (excludes halogenated alkanes) is 1. The van der Waals surface area contributed by atoms with E-state index in [9.17, 15) is 4.79 Å². The van der Waals surface area contributed by atoms with Crippen molar-refractivity contribution in [2.24, 2.45) is 0 Å². The van der Waals surface area contributed by atoms with Crippen molar-refractivity contribution >= 4 is 11.6 Å². The Bertz CT molecular complexity index is 439. The van der Waals surface area contributed by atoms with Crippen molar-refractivity contribution in [1.82, 2.24) is 15.1 Å². The molecule has 20 heavy (non-hydrogen) atoms. The molecule has 3 N–H and O–H groups in total. The average Bonchev–Trinajstić information content (AvgIpc) is 2.64. The maximum atomic E-state index is 12.1. The van der Waals surface area contributed by atoms with E-state index in [-0.39, 0.29) is 18.5 Å². The fraction of sp³-hybridized carbons (Fsp3) is 0.733. The largest absolute Gasteiger partial charge is 0.396 e. The van der Waals surface area contributed by atoms with Crippen molar-refractivity contribution in [3.05, 3.63) is 11.4 Å². The van der Waals surface area contributed by atoms with E-state index in [0.717, 1.165) is 43.5 Å². The predicted molar refractivity (Wildman–Crippen MR) is 82.5 cm³/mol. The van der Waals surface area contributed by atoms with Crippen molar-refractivity contribution in [2.45, 2.75) is 72.4 Å². The second-order valence-corrected chi connectivity index (χ2v) is 5.44. The molecule has 0 aliphatic heterocycles.